The average molecular weight is 768 g/mol. The molecule has 13 nitrogen and oxygen atoms in total. The van der Waals surface area contributed by atoms with Crippen LogP contribution in [0.15, 0.2) is 146 Å². The third-order valence-corrected chi connectivity index (χ3v) is 10.6. The molecule has 0 radical (unpaired) electrons. The summed E-state index contributed by atoms with van der Waals surface area (Å²) in [5.74, 6) is 0. The van der Waals surface area contributed by atoms with Crippen LogP contribution in [0.5, 0.6) is 0 Å². The van der Waals surface area contributed by atoms with Crippen LogP contribution in [-0.2, 0) is 13.1 Å². The van der Waals surface area contributed by atoms with E-state index in [2.05, 4.69) is 125 Å². The summed E-state index contributed by atoms with van der Waals surface area (Å²) in [6.07, 6.45) is 5.56. The van der Waals surface area contributed by atoms with Gasteiger partial charge in [0.2, 0.25) is 0 Å². The van der Waals surface area contributed by atoms with Crippen LogP contribution in [-0.4, -0.2) is 65.1 Å². The van der Waals surface area contributed by atoms with Crippen molar-refractivity contribution in [3.8, 4) is 22.5 Å². The number of hydrogen-bond donors (Lipinski definition) is 2. The zero-order valence-corrected chi connectivity index (χ0v) is 31.7. The van der Waals surface area contributed by atoms with Gasteiger partial charge in [0, 0.05) is 62.5 Å². The van der Waals surface area contributed by atoms with E-state index < -0.39 is 0 Å². The molecule has 8 heterocycles. The van der Waals surface area contributed by atoms with E-state index in [9.17, 15) is 0 Å². The third kappa shape index (κ3) is 6.45. The lowest BCUT2D eigenvalue weighted by Gasteiger charge is -2.06. The summed E-state index contributed by atoms with van der Waals surface area (Å²) < 4.78 is 3.69. The average Bonchev–Trinajstić information content (AvgIpc) is 4.10. The predicted molar refractivity (Wildman–Crippen MR) is 229 cm³/mol. The number of hydrogen-bond acceptors (Lipinski definition) is 9. The minimum atomic E-state index is 0.593. The zero-order valence-electron chi connectivity index (χ0n) is 31.7. The van der Waals surface area contributed by atoms with E-state index in [1.165, 1.54) is 5.39 Å². The molecule has 4 aromatic carbocycles. The highest BCUT2D eigenvalue weighted by Gasteiger charge is 2.13. The Kier molecular flexibility index (Phi) is 8.13. The van der Waals surface area contributed by atoms with Gasteiger partial charge in [-0.3, -0.25) is 15.1 Å². The van der Waals surface area contributed by atoms with E-state index in [1.807, 2.05) is 77.2 Å². The Bertz CT molecular complexity index is 3500. The molecular formula is C46H33N13. The number of pyridine rings is 4. The van der Waals surface area contributed by atoms with Crippen molar-refractivity contribution in [1.82, 2.24) is 65.1 Å². The van der Waals surface area contributed by atoms with Crippen molar-refractivity contribution in [2.24, 2.45) is 0 Å². The fourth-order valence-electron chi connectivity index (χ4n) is 7.55. The maximum atomic E-state index is 4.87. The summed E-state index contributed by atoms with van der Waals surface area (Å²) in [5.41, 5.74) is 14.3. The van der Waals surface area contributed by atoms with Gasteiger partial charge in [-0.05, 0) is 103 Å². The largest absolute Gasteiger partial charge is 0.361 e. The highest BCUT2D eigenvalue weighted by molar-refractivity contribution is 5.87. The smallest absolute Gasteiger partial charge is 0.179 e. The van der Waals surface area contributed by atoms with Crippen LogP contribution in [0.4, 0.5) is 0 Å². The number of aromatic nitrogens is 13. The summed E-state index contributed by atoms with van der Waals surface area (Å²) in [6, 6.07) is 43.0. The van der Waals surface area contributed by atoms with E-state index >= 15 is 0 Å². The fourth-order valence-corrected chi connectivity index (χ4v) is 7.55. The second-order valence-corrected chi connectivity index (χ2v) is 14.5. The first-order chi connectivity index (χ1) is 29.1. The third-order valence-electron chi connectivity index (χ3n) is 10.6. The lowest BCUT2D eigenvalue weighted by Crippen LogP contribution is -2.03. The fraction of sp³-hybridized carbons (Fsp3) is 0.0652. The molecule has 2 N–H and O–H groups in total. The lowest BCUT2D eigenvalue weighted by molar-refractivity contribution is 0.665. The number of fused-ring (bicyclic) bond motifs is 6. The second kappa shape index (κ2) is 14.1. The number of nitrogens with one attached hydrogen (secondary N) is 2. The number of H-pyrrole nitrogens is 2. The molecule has 0 fully saturated rings. The number of aromatic amines is 2. The van der Waals surface area contributed by atoms with Crippen LogP contribution >= 0.6 is 0 Å². The molecule has 0 aliphatic carbocycles. The molecule has 282 valence electrons. The molecule has 0 amide bonds. The Morgan fingerprint density at radius 2 is 1.12 bits per heavy atom. The Balaban J connectivity index is 0.000000135. The van der Waals surface area contributed by atoms with Gasteiger partial charge in [-0.15, -0.1) is 10.2 Å². The first kappa shape index (κ1) is 34.1. The topological polar surface area (TPSA) is 157 Å². The predicted octanol–water partition coefficient (Wildman–Crippen LogP) is 8.85. The summed E-state index contributed by atoms with van der Waals surface area (Å²) in [5, 5.41) is 29.1. The number of nitrogens with zero attached hydrogens (tertiary/aromatic N) is 11. The number of rotatable bonds is 6. The molecule has 13 heteroatoms. The molecule has 12 rings (SSSR count). The van der Waals surface area contributed by atoms with Gasteiger partial charge < -0.3 is 4.98 Å². The molecule has 0 aliphatic heterocycles. The number of benzene rings is 4. The van der Waals surface area contributed by atoms with E-state index in [1.54, 1.807) is 6.20 Å². The normalized spacial score (nSPS) is 11.6. The SMILES string of the molecule is Cc1[nH]nc2cc(-c3ccc4nnn(Cc5ccc6ncccc6c5)c4n3)ccc12.c1cnc2ccc(Cn3nnc4ccc(-c5ccc6[nH]ccc6c5)nc43)cc2c1. The van der Waals surface area contributed by atoms with E-state index in [4.69, 9.17) is 9.97 Å². The summed E-state index contributed by atoms with van der Waals surface area (Å²) in [4.78, 5) is 21.7. The van der Waals surface area contributed by atoms with Crippen LogP contribution in [0, 0.1) is 6.92 Å². The first-order valence-electron chi connectivity index (χ1n) is 19.2. The van der Waals surface area contributed by atoms with Crippen LogP contribution in [0.1, 0.15) is 16.8 Å². The summed E-state index contributed by atoms with van der Waals surface area (Å²) in [6.45, 7) is 3.22. The van der Waals surface area contributed by atoms with E-state index in [-0.39, 0.29) is 0 Å². The number of aryl methyl sites for hydroxylation is 1. The minimum absolute atomic E-state index is 0.593. The lowest BCUT2D eigenvalue weighted by atomic mass is 10.1. The van der Waals surface area contributed by atoms with Crippen molar-refractivity contribution in [2.75, 3.05) is 0 Å². The molecule has 0 saturated carbocycles. The van der Waals surface area contributed by atoms with Gasteiger partial charge in [0.05, 0.1) is 41.0 Å². The molecule has 8 aromatic heterocycles. The van der Waals surface area contributed by atoms with Gasteiger partial charge >= 0.3 is 0 Å². The van der Waals surface area contributed by atoms with Crippen molar-refractivity contribution in [1.29, 1.82) is 0 Å². The maximum Gasteiger partial charge on any atom is 0.179 e. The molecular weight excluding hydrogens is 735 g/mol. The quantitative estimate of drug-likeness (QED) is 0.169. The van der Waals surface area contributed by atoms with Gasteiger partial charge in [-0.2, -0.15) is 5.10 Å². The standard InChI is InChI=1S/C23H17N7.C23H16N6/c1-14-18-6-5-17(12-22(18)27-26-14)20-8-9-21-23(25-20)30(29-28-21)13-15-4-7-19-16(11-15)3-2-10-24-19;1-2-16-12-15(3-5-19(16)24-10-1)14-29-23-22(27-28-29)8-7-21(26-23)17-4-6-20-18(13-17)9-11-25-20/h2-12H,13H2,1H3,(H,26,27);1-13,25H,14H2. The van der Waals surface area contributed by atoms with Gasteiger partial charge in [0.1, 0.15) is 11.0 Å². The molecule has 12 aromatic rings. The molecule has 0 aliphatic rings. The Hall–Kier alpha value is -8.19. The van der Waals surface area contributed by atoms with Crippen LogP contribution in [0.2, 0.25) is 0 Å². The molecule has 0 atom stereocenters. The van der Waals surface area contributed by atoms with Gasteiger partial charge in [0.25, 0.3) is 0 Å². The van der Waals surface area contributed by atoms with Crippen molar-refractivity contribution in [3.63, 3.8) is 0 Å². The molecule has 0 spiro atoms. The van der Waals surface area contributed by atoms with Crippen molar-refractivity contribution in [2.45, 2.75) is 20.0 Å². The summed E-state index contributed by atoms with van der Waals surface area (Å²) in [7, 11) is 0. The molecule has 0 bridgehead atoms. The Morgan fingerprint density at radius 1 is 0.525 bits per heavy atom. The highest BCUT2D eigenvalue weighted by atomic mass is 15.4. The van der Waals surface area contributed by atoms with Crippen molar-refractivity contribution in [3.05, 3.63) is 163 Å². The molecule has 0 saturated heterocycles. The van der Waals surface area contributed by atoms with Gasteiger partial charge in [-0.1, -0.05) is 52.9 Å². The zero-order chi connectivity index (χ0) is 39.3. The Morgan fingerprint density at radius 3 is 1.76 bits per heavy atom. The second-order valence-electron chi connectivity index (χ2n) is 14.5. The van der Waals surface area contributed by atoms with Crippen LogP contribution in [0.25, 0.3) is 88.5 Å². The van der Waals surface area contributed by atoms with Crippen LogP contribution in [0.3, 0.4) is 0 Å². The minimum Gasteiger partial charge on any atom is -0.361 e. The summed E-state index contributed by atoms with van der Waals surface area (Å²) >= 11 is 0. The molecule has 0 unspecified atom stereocenters. The molecule has 59 heavy (non-hydrogen) atoms. The van der Waals surface area contributed by atoms with Crippen LogP contribution < -0.4 is 0 Å². The highest BCUT2D eigenvalue weighted by Crippen LogP contribution is 2.27. The monoisotopic (exact) mass is 767 g/mol. The van der Waals surface area contributed by atoms with Crippen molar-refractivity contribution >= 4 is 65.9 Å². The van der Waals surface area contributed by atoms with E-state index in [0.717, 1.165) is 99.9 Å². The maximum absolute atomic E-state index is 4.87. The van der Waals surface area contributed by atoms with Gasteiger partial charge in [0.15, 0.2) is 11.3 Å². The Labute approximate surface area is 335 Å². The first-order valence-corrected chi connectivity index (χ1v) is 19.2. The van der Waals surface area contributed by atoms with Crippen molar-refractivity contribution < 1.29 is 0 Å². The van der Waals surface area contributed by atoms with E-state index in [0.29, 0.717) is 13.1 Å². The van der Waals surface area contributed by atoms with Gasteiger partial charge in [-0.25, -0.2) is 19.3 Å².